The molecule has 0 aliphatic carbocycles. The molecular formula is C25H26N4O2. The maximum Gasteiger partial charge on any atom is 0.258 e. The number of hydrogen-bond donors (Lipinski definition) is 1. The zero-order valence-corrected chi connectivity index (χ0v) is 17.5. The van der Waals surface area contributed by atoms with Gasteiger partial charge in [-0.3, -0.25) is 14.9 Å². The zero-order chi connectivity index (χ0) is 21.5. The van der Waals surface area contributed by atoms with Crippen molar-refractivity contribution in [3.63, 3.8) is 0 Å². The molecule has 2 amide bonds. The highest BCUT2D eigenvalue weighted by atomic mass is 16.2. The van der Waals surface area contributed by atoms with Crippen molar-refractivity contribution in [2.24, 2.45) is 0 Å². The molecule has 1 aromatic heterocycles. The van der Waals surface area contributed by atoms with Gasteiger partial charge in [-0.1, -0.05) is 48.5 Å². The lowest BCUT2D eigenvalue weighted by Gasteiger charge is -2.28. The van der Waals surface area contributed by atoms with Gasteiger partial charge in [0.25, 0.3) is 5.91 Å². The van der Waals surface area contributed by atoms with E-state index in [1.165, 1.54) is 5.56 Å². The number of nitrogens with zero attached hydrogens (tertiary/aromatic N) is 3. The third-order valence-corrected chi connectivity index (χ3v) is 5.50. The molecule has 0 spiro atoms. The smallest absolute Gasteiger partial charge is 0.258 e. The van der Waals surface area contributed by atoms with E-state index in [4.69, 9.17) is 0 Å². The van der Waals surface area contributed by atoms with Gasteiger partial charge in [-0.2, -0.15) is 0 Å². The number of nitrogens with one attached hydrogen (secondary N) is 1. The molecule has 1 N–H and O–H groups in total. The molecule has 3 aromatic rings. The van der Waals surface area contributed by atoms with Crippen LogP contribution in [0.3, 0.4) is 0 Å². The molecule has 0 radical (unpaired) electrons. The topological polar surface area (TPSA) is 75.2 Å². The van der Waals surface area contributed by atoms with Gasteiger partial charge in [0.15, 0.2) is 0 Å². The van der Waals surface area contributed by atoms with Crippen LogP contribution in [-0.4, -0.2) is 33.2 Å². The number of hydrogen-bond acceptors (Lipinski definition) is 4. The molecular weight excluding hydrogens is 388 g/mol. The largest absolute Gasteiger partial charge is 0.338 e. The van der Waals surface area contributed by atoms with Crippen LogP contribution in [0.25, 0.3) is 0 Å². The van der Waals surface area contributed by atoms with Crippen LogP contribution in [0.1, 0.15) is 46.4 Å². The molecule has 1 aliphatic heterocycles. The quantitative estimate of drug-likeness (QED) is 0.593. The first-order valence-electron chi connectivity index (χ1n) is 10.7. The summed E-state index contributed by atoms with van der Waals surface area (Å²) in [7, 11) is 0. The second kappa shape index (κ2) is 9.98. The minimum Gasteiger partial charge on any atom is -0.338 e. The van der Waals surface area contributed by atoms with Crippen molar-refractivity contribution >= 4 is 17.8 Å². The molecule has 6 heteroatoms. The highest BCUT2D eigenvalue weighted by Gasteiger charge is 2.22. The Hall–Kier alpha value is -3.54. The van der Waals surface area contributed by atoms with E-state index in [9.17, 15) is 9.59 Å². The summed E-state index contributed by atoms with van der Waals surface area (Å²) in [6.07, 6.45) is 5.85. The molecule has 0 saturated carbocycles. The molecule has 31 heavy (non-hydrogen) atoms. The van der Waals surface area contributed by atoms with Crippen molar-refractivity contribution < 1.29 is 9.59 Å². The highest BCUT2D eigenvalue weighted by molar-refractivity contribution is 6.03. The van der Waals surface area contributed by atoms with Crippen LogP contribution in [0.4, 0.5) is 5.95 Å². The van der Waals surface area contributed by atoms with Gasteiger partial charge in [0, 0.05) is 43.3 Å². The van der Waals surface area contributed by atoms with E-state index in [0.29, 0.717) is 37.4 Å². The lowest BCUT2D eigenvalue weighted by molar-refractivity contribution is -0.132. The molecule has 2 heterocycles. The Kier molecular flexibility index (Phi) is 6.67. The van der Waals surface area contributed by atoms with Crippen molar-refractivity contribution in [2.75, 3.05) is 11.9 Å². The number of unbranched alkanes of at least 4 members (excludes halogenated alkanes) is 1. The van der Waals surface area contributed by atoms with Gasteiger partial charge >= 0.3 is 0 Å². The number of carbonyl (C=O) groups excluding carboxylic acids is 2. The number of fused-ring (bicyclic) bond motifs is 1. The average molecular weight is 415 g/mol. The number of aromatic nitrogens is 2. The maximum atomic E-state index is 12.6. The van der Waals surface area contributed by atoms with E-state index in [-0.39, 0.29) is 11.8 Å². The fraction of sp³-hybridized carbons (Fsp3) is 0.280. The maximum absolute atomic E-state index is 12.6. The molecule has 4 rings (SSSR count). The summed E-state index contributed by atoms with van der Waals surface area (Å²) in [5.74, 6) is 0.247. The van der Waals surface area contributed by atoms with Crippen molar-refractivity contribution in [2.45, 2.75) is 38.6 Å². The SMILES string of the molecule is O=C(Nc1ncc2c(n1)CCN(C(=O)CCCCc1ccccc1)C2)c1ccccc1. The summed E-state index contributed by atoms with van der Waals surface area (Å²) < 4.78 is 0. The molecule has 0 bridgehead atoms. The van der Waals surface area contributed by atoms with E-state index in [0.717, 1.165) is 30.5 Å². The minimum atomic E-state index is -0.233. The Morgan fingerprint density at radius 1 is 0.968 bits per heavy atom. The van der Waals surface area contributed by atoms with Crippen LogP contribution in [0.15, 0.2) is 66.9 Å². The van der Waals surface area contributed by atoms with Crippen LogP contribution in [-0.2, 0) is 24.2 Å². The van der Waals surface area contributed by atoms with Gasteiger partial charge in [-0.15, -0.1) is 0 Å². The van der Waals surface area contributed by atoms with Gasteiger partial charge in [0.05, 0.1) is 5.69 Å². The van der Waals surface area contributed by atoms with Gasteiger partial charge in [0.1, 0.15) is 0 Å². The number of carbonyl (C=O) groups is 2. The second-order valence-corrected chi connectivity index (χ2v) is 7.74. The first kappa shape index (κ1) is 20.7. The molecule has 1 aliphatic rings. The summed E-state index contributed by atoms with van der Waals surface area (Å²) >= 11 is 0. The first-order valence-corrected chi connectivity index (χ1v) is 10.7. The number of benzene rings is 2. The van der Waals surface area contributed by atoms with E-state index >= 15 is 0 Å². The van der Waals surface area contributed by atoms with Crippen molar-refractivity contribution in [3.8, 4) is 0 Å². The third-order valence-electron chi connectivity index (χ3n) is 5.50. The van der Waals surface area contributed by atoms with E-state index in [1.54, 1.807) is 18.3 Å². The summed E-state index contributed by atoms with van der Waals surface area (Å²) in [6.45, 7) is 1.17. The van der Waals surface area contributed by atoms with Crippen LogP contribution in [0.5, 0.6) is 0 Å². The number of anilines is 1. The first-order chi connectivity index (χ1) is 15.2. The molecule has 6 nitrogen and oxygen atoms in total. The lowest BCUT2D eigenvalue weighted by Crippen LogP contribution is -2.36. The summed E-state index contributed by atoms with van der Waals surface area (Å²) in [5, 5.41) is 2.75. The zero-order valence-electron chi connectivity index (χ0n) is 17.5. The summed E-state index contributed by atoms with van der Waals surface area (Å²) in [5.41, 5.74) is 3.72. The van der Waals surface area contributed by atoms with E-state index in [2.05, 4.69) is 27.4 Å². The van der Waals surface area contributed by atoms with Gasteiger partial charge in [0.2, 0.25) is 11.9 Å². The molecule has 0 atom stereocenters. The van der Waals surface area contributed by atoms with Crippen molar-refractivity contribution in [1.29, 1.82) is 0 Å². The van der Waals surface area contributed by atoms with Gasteiger partial charge < -0.3 is 4.90 Å². The van der Waals surface area contributed by atoms with Gasteiger partial charge in [-0.05, 0) is 37.0 Å². The lowest BCUT2D eigenvalue weighted by atomic mass is 10.0. The van der Waals surface area contributed by atoms with Crippen LogP contribution >= 0.6 is 0 Å². The number of amides is 2. The third kappa shape index (κ3) is 5.54. The van der Waals surface area contributed by atoms with Crippen LogP contribution < -0.4 is 5.32 Å². The molecule has 158 valence electrons. The number of aryl methyl sites for hydroxylation is 1. The second-order valence-electron chi connectivity index (χ2n) is 7.74. The molecule has 2 aromatic carbocycles. The predicted octanol–water partition coefficient (Wildman–Crippen LogP) is 4.03. The van der Waals surface area contributed by atoms with E-state index in [1.807, 2.05) is 41.3 Å². The van der Waals surface area contributed by atoms with Crippen molar-refractivity contribution in [3.05, 3.63) is 89.2 Å². The fourth-order valence-corrected chi connectivity index (χ4v) is 3.76. The summed E-state index contributed by atoms with van der Waals surface area (Å²) in [6, 6.07) is 19.4. The Bertz CT molecular complexity index is 1040. The predicted molar refractivity (Wildman–Crippen MR) is 120 cm³/mol. The average Bonchev–Trinajstić information content (AvgIpc) is 2.82. The standard InChI is InChI=1S/C25H26N4O2/c30-23(14-8-7-11-19-9-3-1-4-10-19)29-16-15-22-21(18-29)17-26-25(27-22)28-24(31)20-12-5-2-6-13-20/h1-6,9-10,12-13,17H,7-8,11,14-16,18H2,(H,26,27,28,31). The summed E-state index contributed by atoms with van der Waals surface area (Å²) in [4.78, 5) is 35.6. The number of rotatable bonds is 7. The molecule has 0 fully saturated rings. The monoisotopic (exact) mass is 414 g/mol. The Morgan fingerprint density at radius 2 is 1.71 bits per heavy atom. The van der Waals surface area contributed by atoms with Crippen LogP contribution in [0.2, 0.25) is 0 Å². The minimum absolute atomic E-state index is 0.181. The van der Waals surface area contributed by atoms with E-state index < -0.39 is 0 Å². The normalized spacial score (nSPS) is 12.8. The fourth-order valence-electron chi connectivity index (χ4n) is 3.76. The van der Waals surface area contributed by atoms with Crippen LogP contribution in [0, 0.1) is 0 Å². The highest BCUT2D eigenvalue weighted by Crippen LogP contribution is 2.19. The Morgan fingerprint density at radius 3 is 2.48 bits per heavy atom. The molecule has 0 saturated heterocycles. The Balaban J connectivity index is 1.27. The molecule has 0 unspecified atom stereocenters. The Labute approximate surface area is 182 Å². The van der Waals surface area contributed by atoms with Gasteiger partial charge in [-0.25, -0.2) is 9.97 Å². The van der Waals surface area contributed by atoms with Crippen molar-refractivity contribution in [1.82, 2.24) is 14.9 Å².